The normalized spacial score (nSPS) is 42.1. The summed E-state index contributed by atoms with van der Waals surface area (Å²) in [5, 5.41) is 0. The first-order chi connectivity index (χ1) is 8.36. The minimum atomic E-state index is -0.546. The second kappa shape index (κ2) is 4.22. The average molecular weight is 315 g/mol. The fourth-order valence-electron chi connectivity index (χ4n) is 4.86. The number of rotatable bonds is 3. The van der Waals surface area contributed by atoms with Gasteiger partial charge in [-0.25, -0.2) is 0 Å². The number of carbonyl (C=O) groups excluding carboxylic acids is 1. The van der Waals surface area contributed by atoms with Gasteiger partial charge in [-0.05, 0) is 70.1 Å². The van der Waals surface area contributed by atoms with Gasteiger partial charge in [0, 0.05) is 5.41 Å². The van der Waals surface area contributed by atoms with Gasteiger partial charge in [-0.2, -0.15) is 0 Å². The van der Waals surface area contributed by atoms with E-state index < -0.39 is 4.32 Å². The van der Waals surface area contributed by atoms with Gasteiger partial charge >= 0.3 is 5.97 Å². The van der Waals surface area contributed by atoms with Crippen molar-refractivity contribution in [2.24, 2.45) is 23.2 Å². The molecule has 3 heteroatoms. The molecule has 102 valence electrons. The molecule has 4 aliphatic carbocycles. The Morgan fingerprint density at radius 2 is 1.61 bits per heavy atom. The lowest BCUT2D eigenvalue weighted by atomic mass is 9.50. The molecule has 0 N–H and O–H groups in total. The van der Waals surface area contributed by atoms with Crippen molar-refractivity contribution >= 4 is 21.9 Å². The van der Waals surface area contributed by atoms with Gasteiger partial charge in [0.25, 0.3) is 0 Å². The molecule has 0 aliphatic heterocycles. The van der Waals surface area contributed by atoms with Crippen LogP contribution in [0.2, 0.25) is 0 Å². The van der Waals surface area contributed by atoms with E-state index >= 15 is 0 Å². The fraction of sp³-hybridized carbons (Fsp3) is 0.933. The van der Waals surface area contributed by atoms with E-state index in [1.54, 1.807) is 0 Å². The van der Waals surface area contributed by atoms with E-state index in [1.807, 2.05) is 13.8 Å². The van der Waals surface area contributed by atoms with Crippen LogP contribution in [0.5, 0.6) is 0 Å². The van der Waals surface area contributed by atoms with Crippen molar-refractivity contribution < 1.29 is 9.53 Å². The van der Waals surface area contributed by atoms with E-state index in [2.05, 4.69) is 15.9 Å². The van der Waals surface area contributed by atoms with Gasteiger partial charge in [-0.15, -0.1) is 0 Å². The van der Waals surface area contributed by atoms with Crippen LogP contribution in [-0.2, 0) is 9.53 Å². The Labute approximate surface area is 118 Å². The maximum absolute atomic E-state index is 11.9. The summed E-state index contributed by atoms with van der Waals surface area (Å²) in [4.78, 5) is 11.9. The van der Waals surface area contributed by atoms with Gasteiger partial charge in [0.15, 0.2) is 0 Å². The Morgan fingerprint density at radius 1 is 1.17 bits per heavy atom. The molecule has 18 heavy (non-hydrogen) atoms. The van der Waals surface area contributed by atoms with Gasteiger partial charge in [0.1, 0.15) is 4.32 Å². The van der Waals surface area contributed by atoms with Crippen molar-refractivity contribution in [1.29, 1.82) is 0 Å². The second-order valence-corrected chi connectivity index (χ2v) is 9.45. The van der Waals surface area contributed by atoms with Gasteiger partial charge < -0.3 is 4.74 Å². The average Bonchev–Trinajstić information content (AvgIpc) is 2.22. The summed E-state index contributed by atoms with van der Waals surface area (Å²) in [6, 6.07) is 0. The molecule has 0 saturated heterocycles. The van der Waals surface area contributed by atoms with E-state index in [0.717, 1.165) is 17.8 Å². The number of halogens is 1. The molecule has 0 atom stereocenters. The lowest BCUT2D eigenvalue weighted by molar-refractivity contribution is -0.157. The zero-order valence-electron chi connectivity index (χ0n) is 11.4. The molecule has 0 unspecified atom stereocenters. The van der Waals surface area contributed by atoms with E-state index in [-0.39, 0.29) is 5.97 Å². The molecular formula is C15H23BrO2. The third kappa shape index (κ3) is 2.35. The lowest BCUT2D eigenvalue weighted by Crippen LogP contribution is -2.49. The van der Waals surface area contributed by atoms with Crippen molar-refractivity contribution in [3.63, 3.8) is 0 Å². The Balaban J connectivity index is 1.64. The predicted octanol–water partition coefficient (Wildman–Crippen LogP) is 3.92. The molecule has 0 aromatic rings. The van der Waals surface area contributed by atoms with E-state index in [0.29, 0.717) is 12.0 Å². The smallest absolute Gasteiger partial charge is 0.322 e. The minimum absolute atomic E-state index is 0.113. The van der Waals surface area contributed by atoms with Gasteiger partial charge in [-0.3, -0.25) is 4.79 Å². The van der Waals surface area contributed by atoms with Crippen molar-refractivity contribution in [2.45, 2.75) is 56.7 Å². The highest BCUT2D eigenvalue weighted by atomic mass is 79.9. The van der Waals surface area contributed by atoms with Crippen molar-refractivity contribution in [2.75, 3.05) is 6.61 Å². The Kier molecular flexibility index (Phi) is 3.04. The van der Waals surface area contributed by atoms with Crippen LogP contribution in [0.4, 0.5) is 0 Å². The molecule has 0 radical (unpaired) electrons. The second-order valence-electron chi connectivity index (χ2n) is 7.47. The third-order valence-corrected chi connectivity index (χ3v) is 5.48. The van der Waals surface area contributed by atoms with Crippen LogP contribution < -0.4 is 0 Å². The molecule has 4 bridgehead atoms. The molecule has 0 aromatic heterocycles. The summed E-state index contributed by atoms with van der Waals surface area (Å²) < 4.78 is 5.06. The first-order valence-corrected chi connectivity index (χ1v) is 8.02. The monoisotopic (exact) mass is 314 g/mol. The van der Waals surface area contributed by atoms with Crippen molar-refractivity contribution in [1.82, 2.24) is 0 Å². The summed E-state index contributed by atoms with van der Waals surface area (Å²) >= 11 is 3.38. The van der Waals surface area contributed by atoms with Crippen LogP contribution in [0.3, 0.4) is 0 Å². The number of hydrogen-bond donors (Lipinski definition) is 0. The standard InChI is InChI=1S/C15H23BrO2/c1-14(2,16)13(17)18-9-15-6-10-3-11(7-15)5-12(4-10)8-15/h10-12H,3-9H2,1-2H3. The largest absolute Gasteiger partial charge is 0.464 e. The predicted molar refractivity (Wildman–Crippen MR) is 74.6 cm³/mol. The van der Waals surface area contributed by atoms with Crippen LogP contribution in [0.1, 0.15) is 52.4 Å². The van der Waals surface area contributed by atoms with E-state index in [1.165, 1.54) is 38.5 Å². The third-order valence-electron chi connectivity index (χ3n) is 5.16. The van der Waals surface area contributed by atoms with Gasteiger partial charge in [0.05, 0.1) is 6.61 Å². The zero-order chi connectivity index (χ0) is 13.0. The number of esters is 1. The Bertz CT molecular complexity index is 321. The summed E-state index contributed by atoms with van der Waals surface area (Å²) in [5.41, 5.74) is 0.336. The highest BCUT2D eigenvalue weighted by molar-refractivity contribution is 9.10. The number of hydrogen-bond acceptors (Lipinski definition) is 2. The number of carbonyl (C=O) groups is 1. The van der Waals surface area contributed by atoms with Crippen LogP contribution in [0.25, 0.3) is 0 Å². The van der Waals surface area contributed by atoms with Crippen LogP contribution in [0.15, 0.2) is 0 Å². The maximum atomic E-state index is 11.9. The molecule has 4 saturated carbocycles. The maximum Gasteiger partial charge on any atom is 0.322 e. The zero-order valence-corrected chi connectivity index (χ0v) is 13.0. The molecule has 0 amide bonds. The number of alkyl halides is 1. The topological polar surface area (TPSA) is 26.3 Å². The summed E-state index contributed by atoms with van der Waals surface area (Å²) in [5.74, 6) is 2.66. The quantitative estimate of drug-likeness (QED) is 0.583. The first kappa shape index (κ1) is 13.0. The Hall–Kier alpha value is -0.0500. The minimum Gasteiger partial charge on any atom is -0.464 e. The first-order valence-electron chi connectivity index (χ1n) is 7.22. The van der Waals surface area contributed by atoms with Crippen LogP contribution >= 0.6 is 15.9 Å². The number of ether oxygens (including phenoxy) is 1. The Morgan fingerprint density at radius 3 is 2.00 bits per heavy atom. The van der Waals surface area contributed by atoms with Crippen LogP contribution in [-0.4, -0.2) is 16.9 Å². The molecule has 4 fully saturated rings. The lowest BCUT2D eigenvalue weighted by Gasteiger charge is -2.56. The molecule has 2 nitrogen and oxygen atoms in total. The van der Waals surface area contributed by atoms with Crippen LogP contribution in [0, 0.1) is 23.2 Å². The molecular weight excluding hydrogens is 292 g/mol. The van der Waals surface area contributed by atoms with Crippen molar-refractivity contribution in [3.8, 4) is 0 Å². The van der Waals surface area contributed by atoms with Gasteiger partial charge in [-0.1, -0.05) is 15.9 Å². The van der Waals surface area contributed by atoms with E-state index in [4.69, 9.17) is 4.74 Å². The van der Waals surface area contributed by atoms with Crippen molar-refractivity contribution in [3.05, 3.63) is 0 Å². The molecule has 4 rings (SSSR count). The molecule has 0 spiro atoms. The molecule has 0 aromatic carbocycles. The highest BCUT2D eigenvalue weighted by Gasteiger charge is 2.51. The highest BCUT2D eigenvalue weighted by Crippen LogP contribution is 2.60. The molecule has 0 heterocycles. The SMILES string of the molecule is CC(C)(Br)C(=O)OCC12CC3CC(CC(C3)C1)C2. The molecule has 4 aliphatic rings. The van der Waals surface area contributed by atoms with Gasteiger partial charge in [0.2, 0.25) is 0 Å². The fourth-order valence-corrected chi connectivity index (χ4v) is 4.97. The summed E-state index contributed by atoms with van der Waals surface area (Å²) in [6.07, 6.45) is 8.23. The summed E-state index contributed by atoms with van der Waals surface area (Å²) in [7, 11) is 0. The van der Waals surface area contributed by atoms with E-state index in [9.17, 15) is 4.79 Å². The summed E-state index contributed by atoms with van der Waals surface area (Å²) in [6.45, 7) is 4.37.